The van der Waals surface area contributed by atoms with E-state index in [1.54, 1.807) is 0 Å². The van der Waals surface area contributed by atoms with Gasteiger partial charge in [-0.05, 0) is 43.1 Å². The van der Waals surface area contributed by atoms with Gasteiger partial charge in [-0.25, -0.2) is 0 Å². The molecule has 1 aliphatic carbocycles. The molecule has 4 nitrogen and oxygen atoms in total. The van der Waals surface area contributed by atoms with Gasteiger partial charge in [0.1, 0.15) is 0 Å². The molecular formula is C18H29N3OS. The standard InChI is InChI=1S/C18H29N3OS/c1-19-18(21(2)12-13-22-15-16-9-10-16)20-11-6-14-23-17-7-4-3-5-8-17/h3-5,7-8,16H,6,9-15H2,1-2H3,(H,19,20). The van der Waals surface area contributed by atoms with Gasteiger partial charge in [0.25, 0.3) is 0 Å². The third-order valence-electron chi connectivity index (χ3n) is 3.81. The lowest BCUT2D eigenvalue weighted by atomic mass is 10.4. The highest BCUT2D eigenvalue weighted by Crippen LogP contribution is 2.28. The number of guanidine groups is 1. The van der Waals surface area contributed by atoms with Gasteiger partial charge in [0.05, 0.1) is 6.61 Å². The minimum Gasteiger partial charge on any atom is -0.379 e. The second-order valence-electron chi connectivity index (χ2n) is 5.93. The Kier molecular flexibility index (Phi) is 8.32. The third-order valence-corrected chi connectivity index (χ3v) is 4.91. The number of rotatable bonds is 10. The zero-order chi connectivity index (χ0) is 16.3. The smallest absolute Gasteiger partial charge is 0.193 e. The van der Waals surface area contributed by atoms with Crippen LogP contribution in [0.3, 0.4) is 0 Å². The maximum absolute atomic E-state index is 5.69. The highest BCUT2D eigenvalue weighted by atomic mass is 32.2. The van der Waals surface area contributed by atoms with Crippen LogP contribution >= 0.6 is 11.8 Å². The van der Waals surface area contributed by atoms with Crippen molar-refractivity contribution in [3.8, 4) is 0 Å². The van der Waals surface area contributed by atoms with Gasteiger partial charge in [-0.2, -0.15) is 0 Å². The number of hydrogen-bond acceptors (Lipinski definition) is 3. The van der Waals surface area contributed by atoms with Crippen LogP contribution in [0.5, 0.6) is 0 Å². The fraction of sp³-hybridized carbons (Fsp3) is 0.611. The molecule has 5 heteroatoms. The van der Waals surface area contributed by atoms with Crippen LogP contribution in [0.2, 0.25) is 0 Å². The van der Waals surface area contributed by atoms with E-state index >= 15 is 0 Å². The molecule has 0 amide bonds. The van der Waals surface area contributed by atoms with E-state index in [1.807, 2.05) is 18.8 Å². The van der Waals surface area contributed by atoms with E-state index in [1.165, 1.54) is 17.7 Å². The van der Waals surface area contributed by atoms with E-state index in [2.05, 4.69) is 52.6 Å². The Balaban J connectivity index is 1.52. The summed E-state index contributed by atoms with van der Waals surface area (Å²) in [5.41, 5.74) is 0. The summed E-state index contributed by atoms with van der Waals surface area (Å²) in [5, 5.41) is 3.42. The van der Waals surface area contributed by atoms with Gasteiger partial charge in [-0.1, -0.05) is 18.2 Å². The fourth-order valence-corrected chi connectivity index (χ4v) is 3.08. The Morgan fingerprint density at radius 2 is 2.13 bits per heavy atom. The zero-order valence-electron chi connectivity index (χ0n) is 14.3. The van der Waals surface area contributed by atoms with Crippen LogP contribution in [0, 0.1) is 5.92 Å². The van der Waals surface area contributed by atoms with Crippen LogP contribution < -0.4 is 5.32 Å². The van der Waals surface area contributed by atoms with Gasteiger partial charge in [-0.3, -0.25) is 4.99 Å². The second-order valence-corrected chi connectivity index (χ2v) is 7.10. The second kappa shape index (κ2) is 10.6. The number of nitrogens with zero attached hydrogens (tertiary/aromatic N) is 2. The third kappa shape index (κ3) is 7.75. The molecule has 2 rings (SSSR count). The predicted molar refractivity (Wildman–Crippen MR) is 99.3 cm³/mol. The summed E-state index contributed by atoms with van der Waals surface area (Å²) in [6.07, 6.45) is 3.81. The van der Waals surface area contributed by atoms with Crippen LogP contribution in [0.1, 0.15) is 19.3 Å². The van der Waals surface area contributed by atoms with Crippen LogP contribution in [0.4, 0.5) is 0 Å². The zero-order valence-corrected chi connectivity index (χ0v) is 15.1. The summed E-state index contributed by atoms with van der Waals surface area (Å²) in [5.74, 6) is 2.90. The quantitative estimate of drug-likeness (QED) is 0.308. The molecule has 0 bridgehead atoms. The van der Waals surface area contributed by atoms with Crippen molar-refractivity contribution in [3.05, 3.63) is 30.3 Å². The van der Waals surface area contributed by atoms with E-state index < -0.39 is 0 Å². The number of hydrogen-bond donors (Lipinski definition) is 1. The summed E-state index contributed by atoms with van der Waals surface area (Å²) < 4.78 is 5.69. The average molecular weight is 336 g/mol. The highest BCUT2D eigenvalue weighted by molar-refractivity contribution is 7.99. The Bertz CT molecular complexity index is 463. The van der Waals surface area contributed by atoms with Crippen molar-refractivity contribution < 1.29 is 4.74 Å². The molecule has 128 valence electrons. The molecule has 0 saturated heterocycles. The lowest BCUT2D eigenvalue weighted by Crippen LogP contribution is -2.41. The van der Waals surface area contributed by atoms with Gasteiger partial charge >= 0.3 is 0 Å². The Hall–Kier alpha value is -1.20. The summed E-state index contributed by atoms with van der Waals surface area (Å²) in [6, 6.07) is 10.5. The number of benzene rings is 1. The molecule has 1 fully saturated rings. The van der Waals surface area contributed by atoms with Gasteiger partial charge < -0.3 is 15.0 Å². The maximum Gasteiger partial charge on any atom is 0.193 e. The first-order chi connectivity index (χ1) is 11.3. The Morgan fingerprint density at radius 3 is 2.83 bits per heavy atom. The molecule has 1 aromatic rings. The summed E-state index contributed by atoms with van der Waals surface area (Å²) in [7, 11) is 3.90. The SMILES string of the molecule is CN=C(NCCCSc1ccccc1)N(C)CCOCC1CC1. The maximum atomic E-state index is 5.69. The van der Waals surface area contributed by atoms with Crippen molar-refractivity contribution in [1.82, 2.24) is 10.2 Å². The molecule has 0 aromatic heterocycles. The van der Waals surface area contributed by atoms with Crippen LogP contribution in [0.25, 0.3) is 0 Å². The topological polar surface area (TPSA) is 36.9 Å². The van der Waals surface area contributed by atoms with Gasteiger partial charge in [-0.15, -0.1) is 11.8 Å². The van der Waals surface area contributed by atoms with Crippen LogP contribution in [-0.2, 0) is 4.74 Å². The molecule has 0 radical (unpaired) electrons. The molecule has 0 heterocycles. The van der Waals surface area contributed by atoms with Crippen molar-refractivity contribution in [3.63, 3.8) is 0 Å². The first-order valence-corrected chi connectivity index (χ1v) is 9.45. The Labute approximate surface area is 144 Å². The number of nitrogens with one attached hydrogen (secondary N) is 1. The van der Waals surface area contributed by atoms with Crippen LogP contribution in [0.15, 0.2) is 40.2 Å². The fourth-order valence-electron chi connectivity index (χ4n) is 2.21. The molecular weight excluding hydrogens is 306 g/mol. The normalized spacial score (nSPS) is 14.8. The summed E-state index contributed by atoms with van der Waals surface area (Å²) in [4.78, 5) is 7.81. The predicted octanol–water partition coefficient (Wildman–Crippen LogP) is 3.10. The molecule has 1 aliphatic rings. The Morgan fingerprint density at radius 1 is 1.35 bits per heavy atom. The molecule has 23 heavy (non-hydrogen) atoms. The first kappa shape index (κ1) is 18.1. The molecule has 0 atom stereocenters. The molecule has 0 unspecified atom stereocenters. The van der Waals surface area contributed by atoms with E-state index in [9.17, 15) is 0 Å². The number of likely N-dealkylation sites (N-methyl/N-ethyl adjacent to an activating group) is 1. The van der Waals surface area contributed by atoms with Crippen molar-refractivity contribution in [2.45, 2.75) is 24.2 Å². The van der Waals surface area contributed by atoms with Gasteiger partial charge in [0.2, 0.25) is 0 Å². The monoisotopic (exact) mass is 335 g/mol. The molecule has 1 N–H and O–H groups in total. The summed E-state index contributed by atoms with van der Waals surface area (Å²) in [6.45, 7) is 3.53. The number of ether oxygens (including phenoxy) is 1. The minimum absolute atomic E-state index is 0.775. The van der Waals surface area contributed by atoms with E-state index in [0.29, 0.717) is 0 Å². The van der Waals surface area contributed by atoms with Crippen molar-refractivity contribution in [1.29, 1.82) is 0 Å². The number of aliphatic imine (C=N–C) groups is 1. The lowest BCUT2D eigenvalue weighted by molar-refractivity contribution is 0.115. The molecule has 0 aliphatic heterocycles. The van der Waals surface area contributed by atoms with E-state index in [-0.39, 0.29) is 0 Å². The minimum atomic E-state index is 0.775. The van der Waals surface area contributed by atoms with Crippen LogP contribution in [-0.4, -0.2) is 57.0 Å². The molecule has 1 aromatic carbocycles. The number of thioether (sulfide) groups is 1. The molecule has 0 spiro atoms. The largest absolute Gasteiger partial charge is 0.379 e. The average Bonchev–Trinajstić information content (AvgIpc) is 3.40. The highest BCUT2D eigenvalue weighted by Gasteiger charge is 2.21. The van der Waals surface area contributed by atoms with Gasteiger partial charge in [0.15, 0.2) is 5.96 Å². The molecule has 1 saturated carbocycles. The van der Waals surface area contributed by atoms with E-state index in [4.69, 9.17) is 4.74 Å². The van der Waals surface area contributed by atoms with Crippen molar-refractivity contribution >= 4 is 17.7 Å². The van der Waals surface area contributed by atoms with Gasteiger partial charge in [0, 0.05) is 38.7 Å². The lowest BCUT2D eigenvalue weighted by Gasteiger charge is -2.22. The van der Waals surface area contributed by atoms with Crippen molar-refractivity contribution in [2.24, 2.45) is 10.9 Å². The van der Waals surface area contributed by atoms with E-state index in [0.717, 1.165) is 50.4 Å². The van der Waals surface area contributed by atoms with Crippen molar-refractivity contribution in [2.75, 3.05) is 46.2 Å². The summed E-state index contributed by atoms with van der Waals surface area (Å²) >= 11 is 1.90. The first-order valence-electron chi connectivity index (χ1n) is 8.47.